The summed E-state index contributed by atoms with van der Waals surface area (Å²) in [6.07, 6.45) is 0. The number of hydrogen-bond acceptors (Lipinski definition) is 4. The predicted molar refractivity (Wildman–Crippen MR) is 87.0 cm³/mol. The average molecular weight is 342 g/mol. The molecule has 0 aliphatic carbocycles. The highest BCUT2D eigenvalue weighted by Gasteiger charge is 2.21. The molecule has 118 valence electrons. The summed E-state index contributed by atoms with van der Waals surface area (Å²) < 4.78 is 1.59. The van der Waals surface area contributed by atoms with E-state index >= 15 is 0 Å². The first-order chi connectivity index (χ1) is 10.2. The molecule has 0 saturated carbocycles. The lowest BCUT2D eigenvalue weighted by Crippen LogP contribution is -2.48. The Morgan fingerprint density at radius 2 is 2.18 bits per heavy atom. The van der Waals surface area contributed by atoms with Gasteiger partial charge >= 0.3 is 0 Å². The zero-order valence-corrected chi connectivity index (χ0v) is 13.6. The van der Waals surface area contributed by atoms with E-state index in [-0.39, 0.29) is 18.3 Å². The van der Waals surface area contributed by atoms with Crippen LogP contribution in [0.5, 0.6) is 0 Å². The van der Waals surface area contributed by atoms with Gasteiger partial charge in [0.2, 0.25) is 0 Å². The van der Waals surface area contributed by atoms with Crippen LogP contribution in [0.2, 0.25) is 5.02 Å². The number of carbonyl (C=O) groups excluding carboxylic acids is 1. The third kappa shape index (κ3) is 3.24. The molecule has 0 atom stereocenters. The average Bonchev–Trinajstić information content (AvgIpc) is 2.79. The van der Waals surface area contributed by atoms with Crippen LogP contribution in [0.3, 0.4) is 0 Å². The highest BCUT2D eigenvalue weighted by Crippen LogP contribution is 2.21. The van der Waals surface area contributed by atoms with Crippen LogP contribution in [0.4, 0.5) is 0 Å². The van der Waals surface area contributed by atoms with E-state index in [4.69, 9.17) is 11.6 Å². The van der Waals surface area contributed by atoms with Gasteiger partial charge in [-0.05, 0) is 19.1 Å². The normalized spacial score (nSPS) is 14.1. The monoisotopic (exact) mass is 341 g/mol. The Morgan fingerprint density at radius 3 is 2.82 bits per heavy atom. The molecule has 0 unspecified atom stereocenters. The Morgan fingerprint density at radius 1 is 1.45 bits per heavy atom. The molecule has 1 aromatic carbocycles. The molecule has 0 radical (unpaired) electrons. The zero-order chi connectivity index (χ0) is 14.8. The SMILES string of the molecule is Cc1c(C(=O)NCC2CNC2)nnn1-c1ccccc1Cl.Cl. The molecule has 1 aliphatic rings. The second kappa shape index (κ2) is 7.09. The molecular formula is C14H17Cl2N5O. The van der Waals surface area contributed by atoms with Crippen LogP contribution in [-0.2, 0) is 0 Å². The maximum atomic E-state index is 12.2. The van der Waals surface area contributed by atoms with Crippen molar-refractivity contribution in [3.63, 3.8) is 0 Å². The summed E-state index contributed by atoms with van der Waals surface area (Å²) in [7, 11) is 0. The minimum absolute atomic E-state index is 0. The number of nitrogens with one attached hydrogen (secondary N) is 2. The van der Waals surface area contributed by atoms with Crippen molar-refractivity contribution in [3.05, 3.63) is 40.7 Å². The van der Waals surface area contributed by atoms with Gasteiger partial charge in [0.25, 0.3) is 5.91 Å². The lowest BCUT2D eigenvalue weighted by atomic mass is 10.0. The Labute approximate surface area is 139 Å². The van der Waals surface area contributed by atoms with E-state index in [0.717, 1.165) is 13.1 Å². The topological polar surface area (TPSA) is 71.8 Å². The molecule has 22 heavy (non-hydrogen) atoms. The number of nitrogens with zero attached hydrogens (tertiary/aromatic N) is 3. The van der Waals surface area contributed by atoms with Gasteiger partial charge in [-0.2, -0.15) is 0 Å². The Bertz CT molecular complexity index is 669. The molecule has 1 fully saturated rings. The molecule has 3 rings (SSSR count). The van der Waals surface area contributed by atoms with Crippen molar-refractivity contribution in [3.8, 4) is 5.69 Å². The molecule has 1 saturated heterocycles. The molecule has 0 bridgehead atoms. The van der Waals surface area contributed by atoms with Gasteiger partial charge in [0.05, 0.1) is 16.4 Å². The van der Waals surface area contributed by atoms with E-state index in [9.17, 15) is 4.79 Å². The first-order valence-electron chi connectivity index (χ1n) is 6.83. The van der Waals surface area contributed by atoms with Crippen LogP contribution < -0.4 is 10.6 Å². The number of amides is 1. The summed E-state index contributed by atoms with van der Waals surface area (Å²) in [6, 6.07) is 7.33. The fourth-order valence-electron chi connectivity index (χ4n) is 2.20. The number of aromatic nitrogens is 3. The van der Waals surface area contributed by atoms with Crippen LogP contribution in [0.25, 0.3) is 5.69 Å². The van der Waals surface area contributed by atoms with E-state index in [2.05, 4.69) is 20.9 Å². The summed E-state index contributed by atoms with van der Waals surface area (Å²) in [5.74, 6) is 0.311. The quantitative estimate of drug-likeness (QED) is 0.885. The number of rotatable bonds is 4. The molecule has 1 amide bonds. The lowest BCUT2D eigenvalue weighted by Gasteiger charge is -2.26. The van der Waals surface area contributed by atoms with Gasteiger partial charge in [0.1, 0.15) is 0 Å². The van der Waals surface area contributed by atoms with Crippen LogP contribution >= 0.6 is 24.0 Å². The molecular weight excluding hydrogens is 325 g/mol. The third-order valence-corrected chi connectivity index (χ3v) is 3.93. The third-order valence-electron chi connectivity index (χ3n) is 3.61. The lowest BCUT2D eigenvalue weighted by molar-refractivity contribution is 0.0936. The van der Waals surface area contributed by atoms with Crippen molar-refractivity contribution >= 4 is 29.9 Å². The number of halogens is 2. The van der Waals surface area contributed by atoms with E-state index in [1.54, 1.807) is 10.7 Å². The molecule has 6 nitrogen and oxygen atoms in total. The van der Waals surface area contributed by atoms with Crippen molar-refractivity contribution in [1.82, 2.24) is 25.6 Å². The number of para-hydroxylation sites is 1. The van der Waals surface area contributed by atoms with Gasteiger partial charge in [-0.25, -0.2) is 4.68 Å². The largest absolute Gasteiger partial charge is 0.350 e. The predicted octanol–water partition coefficient (Wildman–Crippen LogP) is 1.60. The van der Waals surface area contributed by atoms with Crippen molar-refractivity contribution in [2.45, 2.75) is 6.92 Å². The van der Waals surface area contributed by atoms with Crippen LogP contribution in [0, 0.1) is 12.8 Å². The van der Waals surface area contributed by atoms with Gasteiger partial charge in [0.15, 0.2) is 5.69 Å². The number of hydrogen-bond donors (Lipinski definition) is 2. The van der Waals surface area contributed by atoms with Gasteiger partial charge in [-0.3, -0.25) is 4.79 Å². The Hall–Kier alpha value is -1.63. The standard InChI is InChI=1S/C14H16ClN5O.ClH/c1-9-13(14(21)17-8-10-6-16-7-10)18-19-20(9)12-5-3-2-4-11(12)15;/h2-5,10,16H,6-8H2,1H3,(H,17,21);1H. The minimum atomic E-state index is -0.197. The zero-order valence-electron chi connectivity index (χ0n) is 12.0. The fraction of sp³-hybridized carbons (Fsp3) is 0.357. The maximum Gasteiger partial charge on any atom is 0.273 e. The van der Waals surface area contributed by atoms with Gasteiger partial charge < -0.3 is 10.6 Å². The van der Waals surface area contributed by atoms with Gasteiger partial charge in [-0.1, -0.05) is 28.9 Å². The van der Waals surface area contributed by atoms with E-state index < -0.39 is 0 Å². The molecule has 0 spiro atoms. The smallest absolute Gasteiger partial charge is 0.273 e. The summed E-state index contributed by atoms with van der Waals surface area (Å²) in [6.45, 7) is 4.37. The summed E-state index contributed by atoms with van der Waals surface area (Å²) in [5.41, 5.74) is 1.72. The molecule has 1 aliphatic heterocycles. The first-order valence-corrected chi connectivity index (χ1v) is 7.20. The van der Waals surface area contributed by atoms with E-state index in [1.165, 1.54) is 0 Å². The van der Waals surface area contributed by atoms with E-state index in [0.29, 0.717) is 34.6 Å². The highest BCUT2D eigenvalue weighted by molar-refractivity contribution is 6.32. The van der Waals surface area contributed by atoms with Crippen molar-refractivity contribution in [2.24, 2.45) is 5.92 Å². The van der Waals surface area contributed by atoms with Crippen molar-refractivity contribution < 1.29 is 4.79 Å². The second-order valence-corrected chi connectivity index (χ2v) is 5.53. The molecule has 1 aromatic heterocycles. The van der Waals surface area contributed by atoms with Gasteiger partial charge in [-0.15, -0.1) is 17.5 Å². The Kier molecular flexibility index (Phi) is 5.39. The van der Waals surface area contributed by atoms with Crippen LogP contribution in [0.15, 0.2) is 24.3 Å². The minimum Gasteiger partial charge on any atom is -0.350 e. The Balaban J connectivity index is 0.00000176. The molecule has 2 aromatic rings. The highest BCUT2D eigenvalue weighted by atomic mass is 35.5. The number of benzene rings is 1. The maximum absolute atomic E-state index is 12.2. The molecule has 8 heteroatoms. The molecule has 2 N–H and O–H groups in total. The first kappa shape index (κ1) is 16.7. The van der Waals surface area contributed by atoms with Crippen LogP contribution in [-0.4, -0.2) is 40.5 Å². The summed E-state index contributed by atoms with van der Waals surface area (Å²) in [5, 5.41) is 14.7. The second-order valence-electron chi connectivity index (χ2n) is 5.12. The number of carbonyl (C=O) groups is 1. The van der Waals surface area contributed by atoms with Gasteiger partial charge in [0, 0.05) is 25.6 Å². The van der Waals surface area contributed by atoms with E-state index in [1.807, 2.05) is 25.1 Å². The molecule has 2 heterocycles. The fourth-order valence-corrected chi connectivity index (χ4v) is 2.42. The summed E-state index contributed by atoms with van der Waals surface area (Å²) >= 11 is 6.15. The summed E-state index contributed by atoms with van der Waals surface area (Å²) in [4.78, 5) is 12.2. The van der Waals surface area contributed by atoms with Crippen LogP contribution in [0.1, 0.15) is 16.2 Å². The van der Waals surface area contributed by atoms with Crippen molar-refractivity contribution in [2.75, 3.05) is 19.6 Å². The van der Waals surface area contributed by atoms with Crippen molar-refractivity contribution in [1.29, 1.82) is 0 Å².